The Kier molecular flexibility index (Phi) is 8.28. The maximum Gasteiger partial charge on any atom is 0.387 e. The Morgan fingerprint density at radius 3 is 2.58 bits per heavy atom. The van der Waals surface area contributed by atoms with Crippen LogP contribution in [0.1, 0.15) is 31.9 Å². The van der Waals surface area contributed by atoms with E-state index in [1.54, 1.807) is 19.2 Å². The number of amides is 1. The molecule has 0 atom stereocenters. The molecular formula is C18H28F2N4O2. The van der Waals surface area contributed by atoms with E-state index in [1.165, 1.54) is 6.07 Å². The van der Waals surface area contributed by atoms with Crippen LogP contribution in [0.4, 0.5) is 8.78 Å². The maximum absolute atomic E-state index is 12.6. The normalized spacial score (nSPS) is 12.1. The molecule has 0 radical (unpaired) electrons. The molecule has 0 unspecified atom stereocenters. The highest BCUT2D eigenvalue weighted by molar-refractivity contribution is 5.84. The predicted octanol–water partition coefficient (Wildman–Crippen LogP) is 2.42. The molecule has 0 saturated carbocycles. The molecule has 0 heterocycles. The van der Waals surface area contributed by atoms with Crippen molar-refractivity contribution in [2.24, 2.45) is 10.4 Å². The minimum absolute atomic E-state index is 0.0906. The monoisotopic (exact) mass is 370 g/mol. The molecule has 3 N–H and O–H groups in total. The Hall–Kier alpha value is -2.38. The van der Waals surface area contributed by atoms with Crippen LogP contribution in [0.15, 0.2) is 23.2 Å². The number of hydrogen-bond donors (Lipinski definition) is 3. The fraction of sp³-hybridized carbons (Fsp3) is 0.556. The van der Waals surface area contributed by atoms with Gasteiger partial charge in [0.2, 0.25) is 5.91 Å². The highest BCUT2D eigenvalue weighted by atomic mass is 19.3. The van der Waals surface area contributed by atoms with Gasteiger partial charge in [-0.2, -0.15) is 8.78 Å². The molecule has 0 aliphatic rings. The molecule has 0 saturated heterocycles. The van der Waals surface area contributed by atoms with Crippen molar-refractivity contribution < 1.29 is 18.3 Å². The SMILES string of the molecule is CCNC(=NCc1cc(C)ccc1OC(F)F)NCC(C)(C)C(=O)NC. The van der Waals surface area contributed by atoms with Gasteiger partial charge in [0.15, 0.2) is 5.96 Å². The first kappa shape index (κ1) is 21.7. The minimum atomic E-state index is -2.89. The standard InChI is InChI=1S/C18H28F2N4O2/c1-6-22-17(24-11-18(3,4)15(25)21-5)23-10-13-9-12(2)7-8-14(13)26-16(19)20/h7-9,16H,6,10-11H2,1-5H3,(H,21,25)(H2,22,23,24). The van der Waals surface area contributed by atoms with Crippen LogP contribution in [0.25, 0.3) is 0 Å². The molecule has 0 aliphatic heterocycles. The van der Waals surface area contributed by atoms with Gasteiger partial charge in [0.1, 0.15) is 5.75 Å². The molecule has 0 aromatic heterocycles. The third-order valence-electron chi connectivity index (χ3n) is 3.72. The topological polar surface area (TPSA) is 74.8 Å². The van der Waals surface area contributed by atoms with E-state index in [1.807, 2.05) is 27.7 Å². The van der Waals surface area contributed by atoms with E-state index in [4.69, 9.17) is 0 Å². The number of nitrogens with zero attached hydrogens (tertiary/aromatic N) is 1. The number of alkyl halides is 2. The third-order valence-corrected chi connectivity index (χ3v) is 3.72. The smallest absolute Gasteiger partial charge is 0.387 e. The number of carbonyl (C=O) groups excluding carboxylic acids is 1. The molecule has 1 aromatic carbocycles. The second-order valence-electron chi connectivity index (χ2n) is 6.50. The highest BCUT2D eigenvalue weighted by Crippen LogP contribution is 2.23. The molecule has 0 aliphatic carbocycles. The zero-order valence-corrected chi connectivity index (χ0v) is 16.0. The second kappa shape index (κ2) is 9.94. The summed E-state index contributed by atoms with van der Waals surface area (Å²) >= 11 is 0. The molecule has 0 fully saturated rings. The van der Waals surface area contributed by atoms with Crippen molar-refractivity contribution in [3.8, 4) is 5.75 Å². The fourth-order valence-electron chi connectivity index (χ4n) is 2.27. The van der Waals surface area contributed by atoms with Crippen molar-refractivity contribution in [2.75, 3.05) is 20.1 Å². The van der Waals surface area contributed by atoms with Gasteiger partial charge < -0.3 is 20.7 Å². The Morgan fingerprint density at radius 1 is 1.31 bits per heavy atom. The van der Waals surface area contributed by atoms with Gasteiger partial charge in [-0.1, -0.05) is 17.7 Å². The van der Waals surface area contributed by atoms with E-state index in [9.17, 15) is 13.6 Å². The molecule has 1 aromatic rings. The lowest BCUT2D eigenvalue weighted by molar-refractivity contribution is -0.128. The van der Waals surface area contributed by atoms with E-state index in [2.05, 4.69) is 25.7 Å². The largest absolute Gasteiger partial charge is 0.434 e. The van der Waals surface area contributed by atoms with Crippen LogP contribution in [0.5, 0.6) is 5.75 Å². The van der Waals surface area contributed by atoms with Crippen molar-refractivity contribution in [2.45, 2.75) is 40.9 Å². The zero-order valence-electron chi connectivity index (χ0n) is 16.0. The Morgan fingerprint density at radius 2 is 2.00 bits per heavy atom. The van der Waals surface area contributed by atoms with Gasteiger partial charge >= 0.3 is 6.61 Å². The van der Waals surface area contributed by atoms with Crippen molar-refractivity contribution >= 4 is 11.9 Å². The molecule has 6 nitrogen and oxygen atoms in total. The van der Waals surface area contributed by atoms with Gasteiger partial charge in [-0.05, 0) is 33.8 Å². The Labute approximate surface area is 153 Å². The second-order valence-corrected chi connectivity index (χ2v) is 6.50. The lowest BCUT2D eigenvalue weighted by Gasteiger charge is -2.24. The number of aliphatic imine (C=N–C) groups is 1. The van der Waals surface area contributed by atoms with Crippen LogP contribution in [0, 0.1) is 12.3 Å². The summed E-state index contributed by atoms with van der Waals surface area (Å²) in [5, 5.41) is 8.81. The van der Waals surface area contributed by atoms with Crippen LogP contribution in [0.3, 0.4) is 0 Å². The average molecular weight is 370 g/mol. The quantitative estimate of drug-likeness (QED) is 0.485. The molecule has 0 spiro atoms. The predicted molar refractivity (Wildman–Crippen MR) is 98.5 cm³/mol. The first-order valence-corrected chi connectivity index (χ1v) is 8.48. The summed E-state index contributed by atoms with van der Waals surface area (Å²) in [6.07, 6.45) is 0. The van der Waals surface area contributed by atoms with Crippen LogP contribution in [-0.2, 0) is 11.3 Å². The van der Waals surface area contributed by atoms with E-state index < -0.39 is 12.0 Å². The number of rotatable bonds is 8. The van der Waals surface area contributed by atoms with Crippen molar-refractivity contribution in [3.05, 3.63) is 29.3 Å². The van der Waals surface area contributed by atoms with E-state index >= 15 is 0 Å². The zero-order chi connectivity index (χ0) is 19.7. The Bertz CT molecular complexity index is 634. The summed E-state index contributed by atoms with van der Waals surface area (Å²) in [5.41, 5.74) is 0.863. The summed E-state index contributed by atoms with van der Waals surface area (Å²) in [6, 6.07) is 4.99. The molecule has 1 amide bonds. The first-order valence-electron chi connectivity index (χ1n) is 8.48. The number of guanidine groups is 1. The van der Waals surface area contributed by atoms with Gasteiger partial charge in [0.25, 0.3) is 0 Å². The number of carbonyl (C=O) groups is 1. The van der Waals surface area contributed by atoms with Gasteiger partial charge in [0, 0.05) is 25.7 Å². The van der Waals surface area contributed by atoms with Crippen LogP contribution in [-0.4, -0.2) is 38.6 Å². The van der Waals surface area contributed by atoms with Crippen LogP contribution >= 0.6 is 0 Å². The molecule has 0 bridgehead atoms. The number of aryl methyl sites for hydroxylation is 1. The van der Waals surface area contributed by atoms with Crippen LogP contribution in [0.2, 0.25) is 0 Å². The van der Waals surface area contributed by atoms with Crippen LogP contribution < -0.4 is 20.7 Å². The average Bonchev–Trinajstić information content (AvgIpc) is 2.58. The van der Waals surface area contributed by atoms with Crippen molar-refractivity contribution in [1.82, 2.24) is 16.0 Å². The van der Waals surface area contributed by atoms with E-state index in [-0.39, 0.29) is 18.2 Å². The minimum Gasteiger partial charge on any atom is -0.434 e. The lowest BCUT2D eigenvalue weighted by atomic mass is 9.92. The molecule has 26 heavy (non-hydrogen) atoms. The summed E-state index contributed by atoms with van der Waals surface area (Å²) in [7, 11) is 1.59. The summed E-state index contributed by atoms with van der Waals surface area (Å²) in [5.74, 6) is 0.511. The molecular weight excluding hydrogens is 342 g/mol. The highest BCUT2D eigenvalue weighted by Gasteiger charge is 2.26. The first-order chi connectivity index (χ1) is 12.2. The van der Waals surface area contributed by atoms with Crippen molar-refractivity contribution in [3.63, 3.8) is 0 Å². The maximum atomic E-state index is 12.6. The third kappa shape index (κ3) is 6.85. The van der Waals surface area contributed by atoms with Gasteiger partial charge in [0.05, 0.1) is 12.0 Å². The number of ether oxygens (including phenoxy) is 1. The number of halogens is 2. The summed E-state index contributed by atoms with van der Waals surface area (Å²) < 4.78 is 29.7. The van der Waals surface area contributed by atoms with Crippen molar-refractivity contribution in [1.29, 1.82) is 0 Å². The number of nitrogens with one attached hydrogen (secondary N) is 3. The van der Waals surface area contributed by atoms with E-state index in [0.29, 0.717) is 24.6 Å². The van der Waals surface area contributed by atoms with E-state index in [0.717, 1.165) is 5.56 Å². The Balaban J connectivity index is 2.90. The molecule has 1 rings (SSSR count). The molecule has 8 heteroatoms. The summed E-state index contributed by atoms with van der Waals surface area (Å²) in [4.78, 5) is 16.3. The summed E-state index contributed by atoms with van der Waals surface area (Å²) in [6.45, 7) is 5.69. The number of benzene rings is 1. The van der Waals surface area contributed by atoms with Gasteiger partial charge in [-0.15, -0.1) is 0 Å². The fourth-order valence-corrected chi connectivity index (χ4v) is 2.27. The number of hydrogen-bond acceptors (Lipinski definition) is 3. The lowest BCUT2D eigenvalue weighted by Crippen LogP contribution is -2.47. The van der Waals surface area contributed by atoms with Gasteiger partial charge in [-0.3, -0.25) is 4.79 Å². The van der Waals surface area contributed by atoms with Gasteiger partial charge in [-0.25, -0.2) is 4.99 Å². The molecule has 146 valence electrons.